The van der Waals surface area contributed by atoms with Crippen molar-refractivity contribution in [2.24, 2.45) is 0 Å². The van der Waals surface area contributed by atoms with Crippen molar-refractivity contribution in [1.29, 1.82) is 0 Å². The molecule has 0 aliphatic rings. The average Bonchev–Trinajstić information content (AvgIpc) is 2.99. The van der Waals surface area contributed by atoms with Gasteiger partial charge in [-0.15, -0.1) is 0 Å². The quantitative estimate of drug-likeness (QED) is 0.653. The number of rotatable bonds is 5. The third-order valence-corrected chi connectivity index (χ3v) is 4.61. The maximum atomic E-state index is 6.12. The summed E-state index contributed by atoms with van der Waals surface area (Å²) in [5.74, 6) is 0. The normalized spacial score (nSPS) is 11.7. The van der Waals surface area contributed by atoms with Gasteiger partial charge in [-0.1, -0.05) is 59.6 Å². The molecule has 0 unspecified atom stereocenters. The van der Waals surface area contributed by atoms with Crippen LogP contribution in [0.1, 0.15) is 32.0 Å². The van der Waals surface area contributed by atoms with Crippen molar-refractivity contribution >= 4 is 23.2 Å². The van der Waals surface area contributed by atoms with E-state index in [1.54, 1.807) is 10.9 Å². The van der Waals surface area contributed by atoms with E-state index in [0.717, 1.165) is 22.5 Å². The Hall–Kier alpha value is -1.88. The fraction of sp³-hybridized carbons (Fsp3) is 0.300. The van der Waals surface area contributed by atoms with Gasteiger partial charge in [0.2, 0.25) is 0 Å². The molecule has 0 saturated heterocycles. The standard InChI is InChI=1S/C20H22Cl2N4/c1-20(2,3)23-12-18-19(15-7-5-4-6-8-15)25-26(24-18)13-14-9-10-16(21)17(22)11-14/h4-11,23H,12-13H2,1-3H3. The maximum absolute atomic E-state index is 6.12. The molecule has 0 saturated carbocycles. The Morgan fingerprint density at radius 3 is 2.35 bits per heavy atom. The van der Waals surface area contributed by atoms with Crippen LogP contribution in [0.25, 0.3) is 11.3 Å². The number of aromatic nitrogens is 3. The Kier molecular flexibility index (Phi) is 5.66. The van der Waals surface area contributed by atoms with E-state index in [2.05, 4.69) is 26.1 Å². The smallest absolute Gasteiger partial charge is 0.117 e. The van der Waals surface area contributed by atoms with Crippen molar-refractivity contribution in [3.63, 3.8) is 0 Å². The zero-order valence-corrected chi connectivity index (χ0v) is 16.6. The molecule has 4 nitrogen and oxygen atoms in total. The summed E-state index contributed by atoms with van der Waals surface area (Å²) in [5.41, 5.74) is 3.87. The van der Waals surface area contributed by atoms with Crippen molar-refractivity contribution < 1.29 is 0 Å². The number of halogens is 2. The highest BCUT2D eigenvalue weighted by Crippen LogP contribution is 2.24. The highest BCUT2D eigenvalue weighted by molar-refractivity contribution is 6.42. The molecule has 1 aromatic heterocycles. The number of nitrogens with zero attached hydrogens (tertiary/aromatic N) is 3. The molecule has 2 aromatic carbocycles. The van der Waals surface area contributed by atoms with Crippen molar-refractivity contribution in [1.82, 2.24) is 20.3 Å². The maximum Gasteiger partial charge on any atom is 0.117 e. The molecule has 136 valence electrons. The minimum Gasteiger partial charge on any atom is -0.306 e. The van der Waals surface area contributed by atoms with E-state index in [1.165, 1.54) is 0 Å². The minimum absolute atomic E-state index is 0.00143. The van der Waals surface area contributed by atoms with E-state index < -0.39 is 0 Å². The van der Waals surface area contributed by atoms with Gasteiger partial charge in [-0.2, -0.15) is 15.0 Å². The van der Waals surface area contributed by atoms with Crippen molar-refractivity contribution in [3.05, 3.63) is 69.8 Å². The van der Waals surface area contributed by atoms with Crippen LogP contribution < -0.4 is 5.32 Å². The first-order valence-electron chi connectivity index (χ1n) is 8.50. The van der Waals surface area contributed by atoms with Gasteiger partial charge in [-0.05, 0) is 38.5 Å². The molecule has 3 aromatic rings. The van der Waals surface area contributed by atoms with Gasteiger partial charge in [-0.3, -0.25) is 0 Å². The molecule has 1 N–H and O–H groups in total. The molecule has 26 heavy (non-hydrogen) atoms. The van der Waals surface area contributed by atoms with Gasteiger partial charge in [0, 0.05) is 17.6 Å². The van der Waals surface area contributed by atoms with Crippen LogP contribution in [-0.4, -0.2) is 20.5 Å². The molecule has 0 spiro atoms. The van der Waals surface area contributed by atoms with E-state index in [9.17, 15) is 0 Å². The van der Waals surface area contributed by atoms with Crippen molar-refractivity contribution in [2.75, 3.05) is 0 Å². The van der Waals surface area contributed by atoms with Gasteiger partial charge in [0.15, 0.2) is 0 Å². The zero-order valence-electron chi connectivity index (χ0n) is 15.1. The van der Waals surface area contributed by atoms with Crippen LogP contribution in [0, 0.1) is 0 Å². The fourth-order valence-corrected chi connectivity index (χ4v) is 2.86. The van der Waals surface area contributed by atoms with Crippen LogP contribution in [0.5, 0.6) is 0 Å². The molecule has 0 radical (unpaired) electrons. The van der Waals surface area contributed by atoms with Gasteiger partial charge in [-0.25, -0.2) is 0 Å². The van der Waals surface area contributed by atoms with E-state index in [-0.39, 0.29) is 5.54 Å². The summed E-state index contributed by atoms with van der Waals surface area (Å²) < 4.78 is 0. The second-order valence-electron chi connectivity index (χ2n) is 7.24. The molecule has 0 aliphatic heterocycles. The molecule has 1 heterocycles. The molecule has 3 rings (SSSR count). The summed E-state index contributed by atoms with van der Waals surface area (Å²) >= 11 is 12.1. The lowest BCUT2D eigenvalue weighted by Gasteiger charge is -2.19. The average molecular weight is 389 g/mol. The highest BCUT2D eigenvalue weighted by Gasteiger charge is 2.16. The molecule has 0 atom stereocenters. The lowest BCUT2D eigenvalue weighted by molar-refractivity contribution is 0.419. The van der Waals surface area contributed by atoms with E-state index in [4.69, 9.17) is 33.4 Å². The zero-order chi connectivity index (χ0) is 18.7. The van der Waals surface area contributed by atoms with Gasteiger partial charge in [0.1, 0.15) is 11.4 Å². The predicted octanol–water partition coefficient (Wildman–Crippen LogP) is 5.19. The Morgan fingerprint density at radius 1 is 0.962 bits per heavy atom. The molecular weight excluding hydrogens is 367 g/mol. The van der Waals surface area contributed by atoms with Crippen LogP contribution >= 0.6 is 23.2 Å². The van der Waals surface area contributed by atoms with E-state index >= 15 is 0 Å². The Balaban J connectivity index is 1.91. The van der Waals surface area contributed by atoms with Gasteiger partial charge >= 0.3 is 0 Å². The topological polar surface area (TPSA) is 42.7 Å². The molecule has 0 amide bonds. The van der Waals surface area contributed by atoms with Crippen LogP contribution in [0.3, 0.4) is 0 Å². The third kappa shape index (κ3) is 4.85. The van der Waals surface area contributed by atoms with Crippen LogP contribution in [0.4, 0.5) is 0 Å². The Labute approximate surface area is 164 Å². The fourth-order valence-electron chi connectivity index (χ4n) is 2.54. The lowest BCUT2D eigenvalue weighted by Crippen LogP contribution is -2.35. The molecule has 0 aliphatic carbocycles. The summed E-state index contributed by atoms with van der Waals surface area (Å²) in [7, 11) is 0. The van der Waals surface area contributed by atoms with Crippen molar-refractivity contribution in [3.8, 4) is 11.3 Å². The van der Waals surface area contributed by atoms with E-state index in [0.29, 0.717) is 23.1 Å². The largest absolute Gasteiger partial charge is 0.306 e. The first-order valence-corrected chi connectivity index (χ1v) is 9.26. The first kappa shape index (κ1) is 18.9. The summed E-state index contributed by atoms with van der Waals surface area (Å²) in [6, 6.07) is 15.7. The molecule has 6 heteroatoms. The monoisotopic (exact) mass is 388 g/mol. The number of benzene rings is 2. The highest BCUT2D eigenvalue weighted by atomic mass is 35.5. The Bertz CT molecular complexity index is 883. The third-order valence-electron chi connectivity index (χ3n) is 3.87. The molecule has 0 bridgehead atoms. The van der Waals surface area contributed by atoms with Crippen molar-refractivity contribution in [2.45, 2.75) is 39.4 Å². The van der Waals surface area contributed by atoms with Crippen LogP contribution in [-0.2, 0) is 13.1 Å². The summed E-state index contributed by atoms with van der Waals surface area (Å²) in [4.78, 5) is 1.71. The SMILES string of the molecule is CC(C)(C)NCc1nn(Cc2ccc(Cl)c(Cl)c2)nc1-c1ccccc1. The number of nitrogens with one attached hydrogen (secondary N) is 1. The Morgan fingerprint density at radius 2 is 1.69 bits per heavy atom. The number of hydrogen-bond donors (Lipinski definition) is 1. The second kappa shape index (κ2) is 7.78. The lowest BCUT2D eigenvalue weighted by atomic mass is 10.1. The first-order chi connectivity index (χ1) is 12.3. The molecular formula is C20H22Cl2N4. The summed E-state index contributed by atoms with van der Waals surface area (Å²) in [5, 5.41) is 14.0. The predicted molar refractivity (Wildman–Crippen MR) is 108 cm³/mol. The van der Waals surface area contributed by atoms with Gasteiger partial charge in [0.05, 0.1) is 16.6 Å². The van der Waals surface area contributed by atoms with Gasteiger partial charge < -0.3 is 5.32 Å². The molecule has 0 fully saturated rings. The van der Waals surface area contributed by atoms with Crippen LogP contribution in [0.15, 0.2) is 48.5 Å². The summed E-state index contributed by atoms with van der Waals surface area (Å²) in [6.07, 6.45) is 0. The summed E-state index contributed by atoms with van der Waals surface area (Å²) in [6.45, 7) is 7.58. The van der Waals surface area contributed by atoms with E-state index in [1.807, 2.05) is 42.5 Å². The minimum atomic E-state index is 0.00143. The van der Waals surface area contributed by atoms with Gasteiger partial charge in [0.25, 0.3) is 0 Å². The van der Waals surface area contributed by atoms with Crippen LogP contribution in [0.2, 0.25) is 10.0 Å². The number of hydrogen-bond acceptors (Lipinski definition) is 3. The second-order valence-corrected chi connectivity index (χ2v) is 8.06.